The molecule has 1 aromatic rings. The number of hydrogen-bond acceptors (Lipinski definition) is 12. The van der Waals surface area contributed by atoms with Crippen molar-refractivity contribution in [2.45, 2.75) is 128 Å². The summed E-state index contributed by atoms with van der Waals surface area (Å²) in [5.74, 6) is -6.03. The van der Waals surface area contributed by atoms with Crippen LogP contribution in [0, 0.1) is 5.92 Å². The second-order valence-electron chi connectivity index (χ2n) is 14.1. The highest BCUT2D eigenvalue weighted by molar-refractivity contribution is 5.97. The molecule has 6 atom stereocenters. The summed E-state index contributed by atoms with van der Waals surface area (Å²) in [5.41, 5.74) is 11.4. The number of primary amides is 1. The van der Waals surface area contributed by atoms with E-state index in [9.17, 15) is 48.6 Å². The Balaban J connectivity index is 3.20. The lowest BCUT2D eigenvalue weighted by Crippen LogP contribution is -2.60. The minimum atomic E-state index is -1.58. The summed E-state index contributed by atoms with van der Waals surface area (Å²) in [5, 5.41) is 37.4. The summed E-state index contributed by atoms with van der Waals surface area (Å²) >= 11 is 0. The second kappa shape index (κ2) is 25.8. The molecule has 0 aliphatic rings. The minimum absolute atomic E-state index is 0.0165. The van der Waals surface area contributed by atoms with E-state index in [2.05, 4.69) is 47.2 Å². The van der Waals surface area contributed by atoms with E-state index in [4.69, 9.17) is 11.5 Å². The van der Waals surface area contributed by atoms with Crippen molar-refractivity contribution in [2.75, 3.05) is 19.8 Å². The van der Waals surface area contributed by atoms with E-state index in [0.717, 1.165) is 0 Å². The number of hydrogen-bond donors (Lipinski definition) is 12. The molecule has 0 spiro atoms. The standard InChI is InChI=1S/C35H61N11O10/c1-19(2)14-26(33(54)43-24(9-10-29(37)50)30(51)40-20(3)4)45-31(52)23(8-6-7-12-36)42-32(53)25(11-13-47)44-35(56)28(17-48)46-34(55)27(41-21(5)49)15-22-16-38-18-39-22/h16,18-20,23-28,47-48H,6-15,17,36H2,1-5H3,(H2,37,50)(H,38,39)(H,40,51)(H,41,49)(H,42,53)(H,43,54)(H,44,56)(H,45,52)(H,46,55)/t23-,24-,25-,26-,27-,28-/m0/s1. The number of carbonyl (C=O) groups excluding carboxylic acids is 8. The molecule has 0 saturated carbocycles. The third-order valence-corrected chi connectivity index (χ3v) is 8.20. The molecule has 1 rings (SSSR count). The number of aliphatic hydroxyl groups is 2. The van der Waals surface area contributed by atoms with Crippen LogP contribution in [-0.2, 0) is 44.8 Å². The number of aliphatic hydroxyl groups excluding tert-OH is 2. The first kappa shape index (κ1) is 48.9. The molecule has 0 aliphatic carbocycles. The van der Waals surface area contributed by atoms with Crippen LogP contribution in [0.2, 0.25) is 0 Å². The fourth-order valence-electron chi connectivity index (χ4n) is 5.43. The van der Waals surface area contributed by atoms with Crippen molar-refractivity contribution in [3.8, 4) is 0 Å². The van der Waals surface area contributed by atoms with Crippen molar-refractivity contribution >= 4 is 47.3 Å². The number of nitrogens with one attached hydrogen (secondary N) is 8. The molecule has 0 aromatic carbocycles. The fourth-order valence-corrected chi connectivity index (χ4v) is 5.43. The van der Waals surface area contributed by atoms with Crippen molar-refractivity contribution in [1.29, 1.82) is 0 Å². The number of nitrogens with two attached hydrogens (primary N) is 2. The van der Waals surface area contributed by atoms with Gasteiger partial charge in [-0.2, -0.15) is 0 Å². The van der Waals surface area contributed by atoms with E-state index < -0.39 is 96.7 Å². The van der Waals surface area contributed by atoms with Crippen molar-refractivity contribution in [1.82, 2.24) is 47.2 Å². The van der Waals surface area contributed by atoms with E-state index in [1.807, 2.05) is 13.8 Å². The third-order valence-electron chi connectivity index (χ3n) is 8.20. The number of carbonyl (C=O) groups is 8. The highest BCUT2D eigenvalue weighted by Gasteiger charge is 2.33. The third kappa shape index (κ3) is 18.9. The number of H-pyrrole nitrogens is 1. The second-order valence-corrected chi connectivity index (χ2v) is 14.1. The molecule has 0 saturated heterocycles. The average molecular weight is 796 g/mol. The number of aromatic amines is 1. The van der Waals surface area contributed by atoms with E-state index in [1.165, 1.54) is 19.4 Å². The molecule has 1 aromatic heterocycles. The van der Waals surface area contributed by atoms with Gasteiger partial charge >= 0.3 is 0 Å². The van der Waals surface area contributed by atoms with E-state index in [0.29, 0.717) is 18.5 Å². The van der Waals surface area contributed by atoms with Gasteiger partial charge in [0.25, 0.3) is 0 Å². The van der Waals surface area contributed by atoms with Crippen LogP contribution in [0.3, 0.4) is 0 Å². The Hall–Kier alpha value is -5.15. The Morgan fingerprint density at radius 2 is 1.18 bits per heavy atom. The van der Waals surface area contributed by atoms with Gasteiger partial charge in [0.05, 0.1) is 12.9 Å². The maximum atomic E-state index is 13.8. The number of rotatable bonds is 27. The zero-order valence-electron chi connectivity index (χ0n) is 32.8. The Morgan fingerprint density at radius 3 is 1.66 bits per heavy atom. The zero-order valence-corrected chi connectivity index (χ0v) is 32.8. The molecule has 0 radical (unpaired) electrons. The first-order valence-electron chi connectivity index (χ1n) is 18.7. The van der Waals surface area contributed by atoms with Gasteiger partial charge in [-0.15, -0.1) is 0 Å². The molecule has 316 valence electrons. The van der Waals surface area contributed by atoms with Crippen LogP contribution in [-0.4, -0.2) is 129 Å². The Kier molecular flexibility index (Phi) is 22.5. The van der Waals surface area contributed by atoms with Crippen molar-refractivity contribution < 1.29 is 48.6 Å². The maximum Gasteiger partial charge on any atom is 0.245 e. The van der Waals surface area contributed by atoms with E-state index >= 15 is 0 Å². The molecule has 0 fully saturated rings. The molecule has 21 heteroatoms. The smallest absolute Gasteiger partial charge is 0.245 e. The molecule has 8 amide bonds. The normalized spacial score (nSPS) is 14.3. The van der Waals surface area contributed by atoms with Crippen LogP contribution in [0.15, 0.2) is 12.5 Å². The van der Waals surface area contributed by atoms with Crippen LogP contribution in [0.5, 0.6) is 0 Å². The molecule has 56 heavy (non-hydrogen) atoms. The molecule has 0 unspecified atom stereocenters. The van der Waals surface area contributed by atoms with Crippen LogP contribution in [0.1, 0.15) is 85.3 Å². The van der Waals surface area contributed by atoms with Crippen LogP contribution in [0.25, 0.3) is 0 Å². The van der Waals surface area contributed by atoms with Gasteiger partial charge in [0.15, 0.2) is 0 Å². The lowest BCUT2D eigenvalue weighted by atomic mass is 10.0. The number of aromatic nitrogens is 2. The van der Waals surface area contributed by atoms with E-state index in [1.54, 1.807) is 13.8 Å². The van der Waals surface area contributed by atoms with Gasteiger partial charge in [-0.1, -0.05) is 13.8 Å². The van der Waals surface area contributed by atoms with Gasteiger partial charge in [-0.3, -0.25) is 38.4 Å². The largest absolute Gasteiger partial charge is 0.396 e. The van der Waals surface area contributed by atoms with Crippen molar-refractivity contribution in [3.05, 3.63) is 18.2 Å². The molecule has 14 N–H and O–H groups in total. The molecule has 1 heterocycles. The highest BCUT2D eigenvalue weighted by Crippen LogP contribution is 2.10. The number of unbranched alkanes of at least 4 members (excludes halogenated alkanes) is 1. The predicted octanol–water partition coefficient (Wildman–Crippen LogP) is -3.78. The van der Waals surface area contributed by atoms with Gasteiger partial charge < -0.3 is 63.9 Å². The Morgan fingerprint density at radius 1 is 0.679 bits per heavy atom. The van der Waals surface area contributed by atoms with Gasteiger partial charge in [-0.25, -0.2) is 4.98 Å². The molecule has 0 aliphatic heterocycles. The lowest BCUT2D eigenvalue weighted by molar-refractivity contribution is -0.136. The Bertz CT molecular complexity index is 1440. The topological polar surface area (TPSA) is 342 Å². The summed E-state index contributed by atoms with van der Waals surface area (Å²) in [6.45, 7) is 7.08. The van der Waals surface area contributed by atoms with E-state index in [-0.39, 0.29) is 57.0 Å². The first-order chi connectivity index (χ1) is 26.4. The molecule has 21 nitrogen and oxygen atoms in total. The zero-order chi connectivity index (χ0) is 42.4. The molecule has 0 bridgehead atoms. The lowest BCUT2D eigenvalue weighted by Gasteiger charge is -2.28. The van der Waals surface area contributed by atoms with Gasteiger partial charge in [0.1, 0.15) is 36.3 Å². The van der Waals surface area contributed by atoms with Gasteiger partial charge in [0.2, 0.25) is 47.3 Å². The first-order valence-corrected chi connectivity index (χ1v) is 18.7. The van der Waals surface area contributed by atoms with Gasteiger partial charge in [-0.05, 0) is 64.8 Å². The average Bonchev–Trinajstić information content (AvgIpc) is 3.63. The van der Waals surface area contributed by atoms with Crippen LogP contribution < -0.4 is 48.7 Å². The predicted molar refractivity (Wildman–Crippen MR) is 202 cm³/mol. The summed E-state index contributed by atoms with van der Waals surface area (Å²) in [6.07, 6.45) is 3.28. The molecular formula is C35H61N11O10. The fraction of sp³-hybridized carbons (Fsp3) is 0.686. The number of nitrogens with zero attached hydrogens (tertiary/aromatic N) is 1. The highest BCUT2D eigenvalue weighted by atomic mass is 16.3. The van der Waals surface area contributed by atoms with Crippen LogP contribution >= 0.6 is 0 Å². The summed E-state index contributed by atoms with van der Waals surface area (Å²) in [4.78, 5) is 110. The van der Waals surface area contributed by atoms with Crippen molar-refractivity contribution in [2.24, 2.45) is 17.4 Å². The van der Waals surface area contributed by atoms with Crippen molar-refractivity contribution in [3.63, 3.8) is 0 Å². The summed E-state index contributed by atoms with van der Waals surface area (Å²) in [6, 6.07) is -8.00. The monoisotopic (exact) mass is 795 g/mol. The SMILES string of the molecule is CC(=O)N[C@@H](Cc1cnc[nH]1)C(=O)N[C@@H](CO)C(=O)N[C@@H](CCO)C(=O)N[C@@H](CCCCN)C(=O)N[C@@H](CC(C)C)C(=O)N[C@@H](CCC(N)=O)C(=O)NC(C)C. The summed E-state index contributed by atoms with van der Waals surface area (Å²) < 4.78 is 0. The Labute approximate surface area is 326 Å². The van der Waals surface area contributed by atoms with Gasteiger partial charge in [0, 0.05) is 44.3 Å². The van der Waals surface area contributed by atoms with Crippen LogP contribution in [0.4, 0.5) is 0 Å². The maximum absolute atomic E-state index is 13.8. The molecular weight excluding hydrogens is 734 g/mol. The summed E-state index contributed by atoms with van der Waals surface area (Å²) in [7, 11) is 0. The quantitative estimate of drug-likeness (QED) is 0.0382. The number of amides is 8. The number of imidazole rings is 1. The minimum Gasteiger partial charge on any atom is -0.396 e.